The summed E-state index contributed by atoms with van der Waals surface area (Å²) >= 11 is 6.05. The molecule has 0 saturated carbocycles. The topological polar surface area (TPSA) is 72.8 Å². The number of hydrogen-bond acceptors (Lipinski definition) is 6. The fourth-order valence-corrected chi connectivity index (χ4v) is 4.40. The van der Waals surface area contributed by atoms with E-state index in [0.717, 1.165) is 37.4 Å². The van der Waals surface area contributed by atoms with Gasteiger partial charge in [-0.25, -0.2) is 14.4 Å². The summed E-state index contributed by atoms with van der Waals surface area (Å²) in [6, 6.07) is 6.29. The van der Waals surface area contributed by atoms with Crippen molar-refractivity contribution in [2.45, 2.75) is 25.3 Å². The van der Waals surface area contributed by atoms with Crippen molar-refractivity contribution in [3.63, 3.8) is 0 Å². The van der Waals surface area contributed by atoms with Gasteiger partial charge in [-0.15, -0.1) is 0 Å². The summed E-state index contributed by atoms with van der Waals surface area (Å²) in [6.45, 7) is 3.04. The van der Waals surface area contributed by atoms with Crippen LogP contribution in [0.1, 0.15) is 29.6 Å². The molecule has 0 radical (unpaired) electrons. The fraction of sp³-hybridized carbons (Fsp3) is 0.476. The average molecular weight is 434 g/mol. The Kier molecular flexibility index (Phi) is 6.34. The van der Waals surface area contributed by atoms with Gasteiger partial charge < -0.3 is 19.8 Å². The minimum Gasteiger partial charge on any atom is -0.394 e. The molecule has 160 valence electrons. The predicted molar refractivity (Wildman–Crippen MR) is 114 cm³/mol. The van der Waals surface area contributed by atoms with Crippen LogP contribution >= 0.6 is 11.6 Å². The van der Waals surface area contributed by atoms with Gasteiger partial charge in [0, 0.05) is 38.8 Å². The van der Waals surface area contributed by atoms with Crippen LogP contribution in [0.5, 0.6) is 0 Å². The van der Waals surface area contributed by atoms with E-state index in [1.165, 1.54) is 18.2 Å². The lowest BCUT2D eigenvalue weighted by Gasteiger charge is -2.37. The second-order valence-electron chi connectivity index (χ2n) is 7.64. The van der Waals surface area contributed by atoms with E-state index in [1.54, 1.807) is 11.2 Å². The highest BCUT2D eigenvalue weighted by atomic mass is 35.5. The van der Waals surface area contributed by atoms with Gasteiger partial charge in [0.05, 0.1) is 23.2 Å². The molecular weight excluding hydrogens is 409 g/mol. The zero-order valence-corrected chi connectivity index (χ0v) is 17.4. The van der Waals surface area contributed by atoms with Crippen LogP contribution in [0.3, 0.4) is 0 Å². The average Bonchev–Trinajstić information content (AvgIpc) is 2.79. The molecule has 1 aromatic carbocycles. The first-order chi connectivity index (χ1) is 14.6. The maximum atomic E-state index is 14.1. The van der Waals surface area contributed by atoms with Gasteiger partial charge in [-0.3, -0.25) is 4.79 Å². The first kappa shape index (κ1) is 20.8. The Balaban J connectivity index is 1.44. The number of carbonyl (C=O) groups is 1. The first-order valence-corrected chi connectivity index (χ1v) is 10.6. The van der Waals surface area contributed by atoms with E-state index in [2.05, 4.69) is 19.8 Å². The highest BCUT2D eigenvalue weighted by Gasteiger charge is 2.28. The Hall–Kier alpha value is -2.45. The Labute approximate surface area is 180 Å². The Morgan fingerprint density at radius 3 is 2.63 bits per heavy atom. The van der Waals surface area contributed by atoms with Crippen LogP contribution in [-0.4, -0.2) is 71.3 Å². The van der Waals surface area contributed by atoms with E-state index in [1.807, 2.05) is 6.07 Å². The zero-order chi connectivity index (χ0) is 21.1. The second-order valence-corrected chi connectivity index (χ2v) is 8.04. The van der Waals surface area contributed by atoms with Crippen LogP contribution < -0.4 is 9.80 Å². The summed E-state index contributed by atoms with van der Waals surface area (Å²) < 4.78 is 14.1. The molecule has 2 aromatic rings. The predicted octanol–water partition coefficient (Wildman–Crippen LogP) is 2.58. The van der Waals surface area contributed by atoms with E-state index in [9.17, 15) is 14.3 Å². The minimum absolute atomic E-state index is 0.0721. The normalized spacial score (nSPS) is 19.8. The number of hydrogen-bond donors (Lipinski definition) is 1. The van der Waals surface area contributed by atoms with Crippen molar-refractivity contribution in [2.75, 3.05) is 49.1 Å². The summed E-state index contributed by atoms with van der Waals surface area (Å²) in [4.78, 5) is 27.4. The smallest absolute Gasteiger partial charge is 0.258 e. The van der Waals surface area contributed by atoms with Crippen molar-refractivity contribution in [3.8, 4) is 0 Å². The minimum atomic E-state index is -0.602. The van der Waals surface area contributed by atoms with E-state index in [0.29, 0.717) is 26.2 Å². The van der Waals surface area contributed by atoms with E-state index in [-0.39, 0.29) is 29.1 Å². The summed E-state index contributed by atoms with van der Waals surface area (Å²) in [6.07, 6.45) is 4.69. The number of halogens is 2. The van der Waals surface area contributed by atoms with Gasteiger partial charge >= 0.3 is 0 Å². The number of rotatable bonds is 4. The monoisotopic (exact) mass is 433 g/mol. The van der Waals surface area contributed by atoms with Crippen molar-refractivity contribution < 1.29 is 14.3 Å². The van der Waals surface area contributed by atoms with Crippen LogP contribution in [-0.2, 0) is 0 Å². The molecule has 2 aliphatic rings. The highest BCUT2D eigenvalue weighted by molar-refractivity contribution is 6.33. The number of nitrogens with zero attached hydrogens (tertiary/aromatic N) is 5. The van der Waals surface area contributed by atoms with Gasteiger partial charge in [-0.05, 0) is 31.4 Å². The van der Waals surface area contributed by atoms with Gasteiger partial charge in [0.15, 0.2) is 0 Å². The molecule has 0 spiro atoms. The van der Waals surface area contributed by atoms with Crippen molar-refractivity contribution in [2.24, 2.45) is 0 Å². The van der Waals surface area contributed by atoms with Crippen LogP contribution in [0.15, 0.2) is 30.6 Å². The molecule has 1 amide bonds. The Morgan fingerprint density at radius 2 is 1.90 bits per heavy atom. The molecular formula is C21H25ClFN5O2. The number of amides is 1. The molecule has 1 N–H and O–H groups in total. The molecule has 9 heteroatoms. The maximum absolute atomic E-state index is 14.1. The van der Waals surface area contributed by atoms with Crippen molar-refractivity contribution in [1.82, 2.24) is 14.9 Å². The number of aromatic nitrogens is 2. The van der Waals surface area contributed by atoms with Gasteiger partial charge in [-0.2, -0.15) is 0 Å². The van der Waals surface area contributed by atoms with Gasteiger partial charge in [-0.1, -0.05) is 17.7 Å². The third-order valence-corrected chi connectivity index (χ3v) is 6.15. The number of aliphatic hydroxyl groups excluding tert-OH is 1. The van der Waals surface area contributed by atoms with Gasteiger partial charge in [0.2, 0.25) is 0 Å². The van der Waals surface area contributed by atoms with E-state index >= 15 is 0 Å². The third kappa shape index (κ3) is 4.20. The number of benzene rings is 1. The lowest BCUT2D eigenvalue weighted by atomic mass is 10.0. The van der Waals surface area contributed by atoms with Crippen molar-refractivity contribution >= 4 is 29.1 Å². The van der Waals surface area contributed by atoms with Crippen LogP contribution in [0, 0.1) is 5.82 Å². The number of piperidine rings is 1. The van der Waals surface area contributed by atoms with Crippen LogP contribution in [0.2, 0.25) is 5.02 Å². The molecule has 7 nitrogen and oxygen atoms in total. The summed E-state index contributed by atoms with van der Waals surface area (Å²) in [5.41, 5.74) is -0.0721. The molecule has 2 saturated heterocycles. The molecule has 1 unspecified atom stereocenters. The van der Waals surface area contributed by atoms with Gasteiger partial charge in [0.25, 0.3) is 5.91 Å². The molecule has 30 heavy (non-hydrogen) atoms. The standard InChI is InChI=1S/C21H25ClFN5O2/c22-16-5-3-6-17(23)20(16)21(30)27-10-8-26(9-11-27)18-12-19(25-14-24-18)28-7-2-1-4-15(28)13-29/h3,5-6,12,14-15,29H,1-2,4,7-11,13H2. The van der Waals surface area contributed by atoms with E-state index in [4.69, 9.17) is 11.6 Å². The molecule has 4 rings (SSSR count). The van der Waals surface area contributed by atoms with Crippen LogP contribution in [0.25, 0.3) is 0 Å². The molecule has 0 bridgehead atoms. The zero-order valence-electron chi connectivity index (χ0n) is 16.7. The summed E-state index contributed by atoms with van der Waals surface area (Å²) in [5.74, 6) is 0.615. The lowest BCUT2D eigenvalue weighted by Crippen LogP contribution is -2.49. The molecule has 1 atom stereocenters. The lowest BCUT2D eigenvalue weighted by molar-refractivity contribution is 0.0742. The largest absolute Gasteiger partial charge is 0.394 e. The number of piperazine rings is 1. The van der Waals surface area contributed by atoms with Gasteiger partial charge in [0.1, 0.15) is 23.8 Å². The third-order valence-electron chi connectivity index (χ3n) is 5.84. The number of carbonyl (C=O) groups excluding carboxylic acids is 1. The number of anilines is 2. The highest BCUT2D eigenvalue weighted by Crippen LogP contribution is 2.26. The summed E-state index contributed by atoms with van der Waals surface area (Å²) in [5, 5.41) is 9.81. The molecule has 2 fully saturated rings. The second kappa shape index (κ2) is 9.14. The fourth-order valence-electron chi connectivity index (χ4n) is 4.16. The first-order valence-electron chi connectivity index (χ1n) is 10.3. The molecule has 1 aromatic heterocycles. The molecule has 3 heterocycles. The van der Waals surface area contributed by atoms with E-state index < -0.39 is 5.82 Å². The quantitative estimate of drug-likeness (QED) is 0.799. The molecule has 2 aliphatic heterocycles. The number of aliphatic hydroxyl groups is 1. The maximum Gasteiger partial charge on any atom is 0.258 e. The Bertz CT molecular complexity index is 886. The Morgan fingerprint density at radius 1 is 1.13 bits per heavy atom. The SMILES string of the molecule is O=C(c1c(F)cccc1Cl)N1CCN(c2cc(N3CCCCC3CO)ncn2)CC1. The van der Waals surface area contributed by atoms with Crippen molar-refractivity contribution in [1.29, 1.82) is 0 Å². The van der Waals surface area contributed by atoms with Crippen molar-refractivity contribution in [3.05, 3.63) is 47.0 Å². The van der Waals surface area contributed by atoms with Crippen LogP contribution in [0.4, 0.5) is 16.0 Å². The molecule has 0 aliphatic carbocycles. The summed E-state index contributed by atoms with van der Waals surface area (Å²) in [7, 11) is 0.